The van der Waals surface area contributed by atoms with E-state index in [9.17, 15) is 9.90 Å². The summed E-state index contributed by atoms with van der Waals surface area (Å²) in [5, 5.41) is 19.2. The minimum absolute atomic E-state index is 0.125. The van der Waals surface area contributed by atoms with E-state index in [0.29, 0.717) is 16.3 Å². The zero-order valence-corrected chi connectivity index (χ0v) is 16.9. The van der Waals surface area contributed by atoms with Gasteiger partial charge in [0.1, 0.15) is 11.5 Å². The second kappa shape index (κ2) is 11.4. The van der Waals surface area contributed by atoms with Crippen LogP contribution in [0, 0.1) is 11.8 Å². The molecule has 0 radical (unpaired) electrons. The lowest BCUT2D eigenvalue weighted by atomic mass is 10.2. The molecule has 4 nitrogen and oxygen atoms in total. The molecule has 2 aromatic carbocycles. The molecule has 28 heavy (non-hydrogen) atoms. The number of thioether (sulfide) groups is 1. The Morgan fingerprint density at radius 3 is 2.54 bits per heavy atom. The van der Waals surface area contributed by atoms with Crippen LogP contribution in [0.5, 0.6) is 5.75 Å². The molecule has 7 heteroatoms. The summed E-state index contributed by atoms with van der Waals surface area (Å²) >= 11 is 12.9. The first-order valence-electron chi connectivity index (χ1n) is 8.02. The van der Waals surface area contributed by atoms with Crippen molar-refractivity contribution >= 4 is 40.9 Å². The van der Waals surface area contributed by atoms with E-state index in [2.05, 4.69) is 11.8 Å². The normalized spacial score (nSPS) is 11.1. The topological polar surface area (TPSA) is 66.8 Å². The number of carboxylic acid groups (broad SMARTS) is 1. The highest BCUT2D eigenvalue weighted by Gasteiger charge is 2.01. The van der Waals surface area contributed by atoms with Crippen molar-refractivity contribution in [1.29, 1.82) is 0 Å². The van der Waals surface area contributed by atoms with E-state index in [4.69, 9.17) is 33.0 Å². The molecule has 0 bridgehead atoms. The van der Waals surface area contributed by atoms with E-state index in [0.717, 1.165) is 10.5 Å². The van der Waals surface area contributed by atoms with Gasteiger partial charge < -0.3 is 14.9 Å². The fourth-order valence-corrected chi connectivity index (χ4v) is 3.05. The number of allylic oxidation sites excluding steroid dienone is 1. The maximum Gasteiger partial charge on any atom is 0.341 e. The highest BCUT2D eigenvalue weighted by Crippen LogP contribution is 2.25. The molecular weight excluding hydrogens is 419 g/mol. The van der Waals surface area contributed by atoms with E-state index in [-0.39, 0.29) is 11.5 Å². The molecule has 0 aliphatic heterocycles. The van der Waals surface area contributed by atoms with Gasteiger partial charge in [-0.2, -0.15) is 0 Å². The predicted molar refractivity (Wildman–Crippen MR) is 113 cm³/mol. The molecular formula is C21H16Cl2O4S. The second-order valence-corrected chi connectivity index (χ2v) is 7.13. The molecule has 0 amide bonds. The Morgan fingerprint density at radius 1 is 1.14 bits per heavy atom. The third-order valence-corrected chi connectivity index (χ3v) is 4.58. The molecule has 144 valence electrons. The van der Waals surface area contributed by atoms with Crippen molar-refractivity contribution < 1.29 is 19.7 Å². The summed E-state index contributed by atoms with van der Waals surface area (Å²) in [6, 6.07) is 12.3. The number of halogens is 2. The molecule has 0 aliphatic rings. The van der Waals surface area contributed by atoms with Crippen LogP contribution in [0.3, 0.4) is 0 Å². The summed E-state index contributed by atoms with van der Waals surface area (Å²) in [4.78, 5) is 11.3. The third kappa shape index (κ3) is 8.01. The first kappa shape index (κ1) is 21.8. The molecule has 2 rings (SSSR count). The fourth-order valence-electron chi connectivity index (χ4n) is 1.99. The maximum atomic E-state index is 10.5. The Labute approximate surface area is 177 Å². The number of aliphatic carboxylic acids is 1. The van der Waals surface area contributed by atoms with Crippen LogP contribution < -0.4 is 0 Å². The van der Waals surface area contributed by atoms with E-state index in [1.807, 2.05) is 18.2 Å². The Balaban J connectivity index is 1.99. The van der Waals surface area contributed by atoms with E-state index < -0.39 is 12.6 Å². The number of rotatable bonds is 7. The van der Waals surface area contributed by atoms with Crippen LogP contribution in [0.25, 0.3) is 0 Å². The van der Waals surface area contributed by atoms with Crippen LogP contribution in [0.2, 0.25) is 5.02 Å². The molecule has 0 spiro atoms. The van der Waals surface area contributed by atoms with Crippen molar-refractivity contribution in [3.63, 3.8) is 0 Å². The number of carboxylic acids is 1. The molecule has 2 aromatic rings. The van der Waals surface area contributed by atoms with Gasteiger partial charge in [-0.15, -0.1) is 11.8 Å². The van der Waals surface area contributed by atoms with Gasteiger partial charge in [-0.1, -0.05) is 41.1 Å². The van der Waals surface area contributed by atoms with Gasteiger partial charge in [0.25, 0.3) is 0 Å². The highest BCUT2D eigenvalue weighted by atomic mass is 35.5. The van der Waals surface area contributed by atoms with Crippen molar-refractivity contribution in [2.45, 2.75) is 4.90 Å². The maximum absolute atomic E-state index is 10.5. The first-order chi connectivity index (χ1) is 13.5. The predicted octanol–water partition coefficient (Wildman–Crippen LogP) is 5.28. The van der Waals surface area contributed by atoms with Crippen molar-refractivity contribution in [2.24, 2.45) is 0 Å². The van der Waals surface area contributed by atoms with E-state index in [1.54, 1.807) is 36.4 Å². The SMILES string of the molecule is O=C(O)COC(/C=C\CSc1cc(O)cc(C#Cc2ccc(Cl)cc2)c1)=C\Cl. The molecule has 0 atom stereocenters. The van der Waals surface area contributed by atoms with Gasteiger partial charge in [-0.3, -0.25) is 0 Å². The van der Waals surface area contributed by atoms with Crippen LogP contribution in [0.4, 0.5) is 0 Å². The van der Waals surface area contributed by atoms with Crippen LogP contribution in [-0.4, -0.2) is 28.5 Å². The average Bonchev–Trinajstić information content (AvgIpc) is 2.66. The zero-order valence-electron chi connectivity index (χ0n) is 14.6. The summed E-state index contributed by atoms with van der Waals surface area (Å²) in [6.45, 7) is -0.460. The molecule has 0 saturated carbocycles. The minimum Gasteiger partial charge on any atom is -0.508 e. The van der Waals surface area contributed by atoms with Gasteiger partial charge >= 0.3 is 5.97 Å². The second-order valence-electron chi connectivity index (χ2n) is 5.38. The number of aromatic hydroxyl groups is 1. The molecule has 0 aliphatic carbocycles. The lowest BCUT2D eigenvalue weighted by Gasteiger charge is -2.03. The third-order valence-electron chi connectivity index (χ3n) is 3.18. The lowest BCUT2D eigenvalue weighted by Crippen LogP contribution is -2.05. The number of ether oxygens (including phenoxy) is 1. The number of hydrogen-bond donors (Lipinski definition) is 2. The van der Waals surface area contributed by atoms with Gasteiger partial charge in [0.15, 0.2) is 6.61 Å². The van der Waals surface area contributed by atoms with Gasteiger partial charge in [-0.05, 0) is 48.5 Å². The summed E-state index contributed by atoms with van der Waals surface area (Å²) in [6.07, 6.45) is 3.37. The highest BCUT2D eigenvalue weighted by molar-refractivity contribution is 7.99. The number of phenolic OH excluding ortho intramolecular Hbond substituents is 1. The first-order valence-corrected chi connectivity index (χ1v) is 9.82. The summed E-state index contributed by atoms with van der Waals surface area (Å²) in [7, 11) is 0. The zero-order chi connectivity index (χ0) is 20.4. The largest absolute Gasteiger partial charge is 0.508 e. The molecule has 0 unspecified atom stereocenters. The standard InChI is InChI=1S/C21H16Cl2O4S/c22-13-19(27-14-21(25)26)2-1-9-28-20-11-16(10-18(24)12-20)4-3-15-5-7-17(23)8-6-15/h1-2,5-8,10-13,24H,9,14H2,(H,25,26)/b2-1-,19-13-. The molecule has 2 N–H and O–H groups in total. The Morgan fingerprint density at radius 2 is 1.86 bits per heavy atom. The van der Waals surface area contributed by atoms with Crippen LogP contribution >= 0.6 is 35.0 Å². The van der Waals surface area contributed by atoms with Crippen molar-refractivity contribution in [2.75, 3.05) is 12.4 Å². The number of hydrogen-bond acceptors (Lipinski definition) is 4. The number of benzene rings is 2. The van der Waals surface area contributed by atoms with Gasteiger partial charge in [0.2, 0.25) is 0 Å². The van der Waals surface area contributed by atoms with E-state index in [1.165, 1.54) is 17.3 Å². The average molecular weight is 435 g/mol. The Hall–Kier alpha value is -2.52. The quantitative estimate of drug-likeness (QED) is 0.268. The van der Waals surface area contributed by atoms with Crippen molar-refractivity contribution in [3.8, 4) is 17.6 Å². The molecule has 0 saturated heterocycles. The number of carbonyl (C=O) groups is 1. The van der Waals surface area contributed by atoms with E-state index >= 15 is 0 Å². The van der Waals surface area contributed by atoms with Crippen LogP contribution in [0.15, 0.2) is 70.8 Å². The van der Waals surface area contributed by atoms with Crippen molar-refractivity contribution in [1.82, 2.24) is 0 Å². The Kier molecular flexibility index (Phi) is 8.83. The summed E-state index contributed by atoms with van der Waals surface area (Å²) in [5.74, 6) is 5.92. The lowest BCUT2D eigenvalue weighted by molar-refractivity contribution is -0.140. The molecule has 0 fully saturated rings. The van der Waals surface area contributed by atoms with Gasteiger partial charge in [0.05, 0.1) is 0 Å². The summed E-state index contributed by atoms with van der Waals surface area (Å²) in [5.41, 5.74) is 2.68. The van der Waals surface area contributed by atoms with Crippen LogP contribution in [-0.2, 0) is 9.53 Å². The minimum atomic E-state index is -1.08. The van der Waals surface area contributed by atoms with Crippen LogP contribution in [0.1, 0.15) is 11.1 Å². The summed E-state index contributed by atoms with van der Waals surface area (Å²) < 4.78 is 4.99. The smallest absolute Gasteiger partial charge is 0.341 e. The molecule has 0 aromatic heterocycles. The van der Waals surface area contributed by atoms with Crippen molar-refractivity contribution in [3.05, 3.63) is 82.1 Å². The van der Waals surface area contributed by atoms with Gasteiger partial charge in [0, 0.05) is 32.3 Å². The van der Waals surface area contributed by atoms with Gasteiger partial charge in [-0.25, -0.2) is 4.79 Å². The molecule has 0 heterocycles. The monoisotopic (exact) mass is 434 g/mol. The number of phenols is 1. The fraction of sp³-hybridized carbons (Fsp3) is 0.0952. The Bertz CT molecular complexity index is 941.